The van der Waals surface area contributed by atoms with Crippen LogP contribution in [0.15, 0.2) is 206 Å². The van der Waals surface area contributed by atoms with E-state index in [1.54, 1.807) is 23.9 Å². The third-order valence-corrected chi connectivity index (χ3v) is 12.0. The van der Waals surface area contributed by atoms with Crippen molar-refractivity contribution in [1.29, 1.82) is 0 Å². The molecule has 2 atom stereocenters. The zero-order valence-corrected chi connectivity index (χ0v) is 32.1. The average Bonchev–Trinajstić information content (AvgIpc) is 3.27. The number of carbonyl (C=O) groups is 2. The van der Waals surface area contributed by atoms with Gasteiger partial charge in [-0.1, -0.05) is 194 Å². The number of nitrogens with one attached hydrogen (secondary N) is 2. The Morgan fingerprint density at radius 3 is 1.19 bits per heavy atom. The molecule has 0 bridgehead atoms. The van der Waals surface area contributed by atoms with E-state index in [1.807, 2.05) is 109 Å². The van der Waals surface area contributed by atoms with Crippen molar-refractivity contribution in [1.82, 2.24) is 10.6 Å². The van der Waals surface area contributed by atoms with Crippen LogP contribution in [-0.4, -0.2) is 39.9 Å². The second kappa shape index (κ2) is 18.0. The summed E-state index contributed by atoms with van der Waals surface area (Å²) in [6, 6.07) is 65.3. The molecule has 7 aromatic rings. The van der Waals surface area contributed by atoms with E-state index in [-0.39, 0.29) is 17.9 Å². The number of benzene rings is 7. The van der Waals surface area contributed by atoms with Crippen molar-refractivity contribution in [3.63, 3.8) is 0 Å². The first-order chi connectivity index (χ1) is 27.9. The molecular weight excluding hydrogens is 725 g/mol. The lowest BCUT2D eigenvalue weighted by Gasteiger charge is -2.41. The van der Waals surface area contributed by atoms with Gasteiger partial charge >= 0.3 is 5.97 Å². The van der Waals surface area contributed by atoms with E-state index in [2.05, 4.69) is 83.4 Å². The number of hydrogen-bond donors (Lipinski definition) is 4. The molecule has 0 aliphatic heterocycles. The first kappa shape index (κ1) is 38.8. The number of aliphatic carboxylic acids is 1. The number of phenols is 1. The van der Waals surface area contributed by atoms with E-state index in [9.17, 15) is 15.0 Å². The Hall–Kier alpha value is -6.41. The number of thioether (sulfide) groups is 1. The van der Waals surface area contributed by atoms with Crippen LogP contribution in [0.5, 0.6) is 5.75 Å². The van der Waals surface area contributed by atoms with Crippen LogP contribution in [0.2, 0.25) is 0 Å². The Morgan fingerprint density at radius 1 is 0.491 bits per heavy atom. The summed E-state index contributed by atoms with van der Waals surface area (Å²) in [6.45, 7) is 0. The Labute approximate surface area is 338 Å². The minimum absolute atomic E-state index is 0.0321. The van der Waals surface area contributed by atoms with E-state index in [0.717, 1.165) is 33.4 Å². The summed E-state index contributed by atoms with van der Waals surface area (Å²) in [6.07, 6.45) is 0.0321. The van der Waals surface area contributed by atoms with Crippen molar-refractivity contribution in [2.75, 3.05) is 5.75 Å². The van der Waals surface area contributed by atoms with E-state index in [4.69, 9.17) is 0 Å². The van der Waals surface area contributed by atoms with Crippen molar-refractivity contribution in [2.24, 2.45) is 0 Å². The fraction of sp³-hybridized carbons (Fsp3) is 0.120. The first-order valence-electron chi connectivity index (χ1n) is 19.0. The maximum Gasteiger partial charge on any atom is 0.326 e. The molecule has 0 heterocycles. The van der Waals surface area contributed by atoms with E-state index in [1.165, 1.54) is 12.1 Å². The Balaban J connectivity index is 1.39. The number of carbonyl (C=O) groups excluding carboxylic acids is 1. The molecule has 7 heteroatoms. The molecule has 0 aromatic heterocycles. The summed E-state index contributed by atoms with van der Waals surface area (Å²) in [5.41, 5.74) is 5.53. The fourth-order valence-electron chi connectivity index (χ4n) is 7.58. The molecule has 1 amide bonds. The summed E-state index contributed by atoms with van der Waals surface area (Å²) >= 11 is 1.63. The van der Waals surface area contributed by atoms with Crippen LogP contribution in [0.1, 0.15) is 38.9 Å². The molecule has 284 valence electrons. The van der Waals surface area contributed by atoms with Gasteiger partial charge in [0.05, 0.1) is 16.3 Å². The first-order valence-corrected chi connectivity index (χ1v) is 19.9. The van der Waals surface area contributed by atoms with E-state index >= 15 is 4.79 Å². The fourth-order valence-corrected chi connectivity index (χ4v) is 9.14. The van der Waals surface area contributed by atoms with Crippen molar-refractivity contribution in [3.8, 4) is 5.75 Å². The molecule has 0 radical (unpaired) electrons. The van der Waals surface area contributed by atoms with Gasteiger partial charge in [0.1, 0.15) is 11.8 Å². The predicted octanol–water partition coefficient (Wildman–Crippen LogP) is 9.18. The summed E-state index contributed by atoms with van der Waals surface area (Å²) in [5.74, 6) is -1.29. The van der Waals surface area contributed by atoms with Crippen molar-refractivity contribution >= 4 is 23.6 Å². The lowest BCUT2D eigenvalue weighted by molar-refractivity contribution is -0.142. The van der Waals surface area contributed by atoms with Gasteiger partial charge in [-0.15, -0.1) is 11.8 Å². The van der Waals surface area contributed by atoms with Gasteiger partial charge in [-0.05, 0) is 51.1 Å². The quantitative estimate of drug-likeness (QED) is 0.0733. The monoisotopic (exact) mass is 768 g/mol. The molecule has 0 spiro atoms. The van der Waals surface area contributed by atoms with Crippen molar-refractivity contribution in [2.45, 2.75) is 28.8 Å². The number of rotatable bonds is 16. The van der Waals surface area contributed by atoms with Crippen LogP contribution < -0.4 is 10.6 Å². The third-order valence-electron chi connectivity index (χ3n) is 10.3. The average molecular weight is 769 g/mol. The Kier molecular flexibility index (Phi) is 12.3. The van der Waals surface area contributed by atoms with Gasteiger partial charge < -0.3 is 15.5 Å². The van der Waals surface area contributed by atoms with Crippen molar-refractivity contribution in [3.05, 3.63) is 245 Å². The highest BCUT2D eigenvalue weighted by Gasteiger charge is 2.43. The standard InChI is InChI=1S/C50H44N2O4S/c53-44-33-31-37(32-34-44)35-45(48(55)56)51-47(54)46(52-49(38-19-7-1-8-20-38,39-21-9-2-10-22-39)40-23-11-3-12-24-40)36-57-50(41-25-13-4-14-26-41,42-27-15-5-16-28-42)43-29-17-6-18-30-43/h1-34,45-46,52-53H,35-36H2,(H,51,54)(H,55,56)/t45-,46+/m1/s1. The normalized spacial score (nSPS) is 12.6. The zero-order chi connectivity index (χ0) is 39.5. The molecule has 0 aliphatic carbocycles. The zero-order valence-electron chi connectivity index (χ0n) is 31.3. The highest BCUT2D eigenvalue weighted by Crippen LogP contribution is 2.49. The molecule has 0 aliphatic rings. The van der Waals surface area contributed by atoms with Gasteiger partial charge in [-0.25, -0.2) is 4.79 Å². The minimum atomic E-state index is -1.24. The van der Waals surface area contributed by atoms with Gasteiger partial charge in [-0.2, -0.15) is 0 Å². The predicted molar refractivity (Wildman–Crippen MR) is 229 cm³/mol. The maximum absolute atomic E-state index is 15.1. The van der Waals surface area contributed by atoms with Gasteiger partial charge in [0.2, 0.25) is 5.91 Å². The molecule has 4 N–H and O–H groups in total. The number of hydrogen-bond acceptors (Lipinski definition) is 5. The van der Waals surface area contributed by atoms with E-state index in [0.29, 0.717) is 5.56 Å². The largest absolute Gasteiger partial charge is 0.508 e. The molecule has 7 rings (SSSR count). The lowest BCUT2D eigenvalue weighted by atomic mass is 9.76. The molecule has 0 saturated heterocycles. The number of carboxylic acid groups (broad SMARTS) is 1. The molecular formula is C50H44N2O4S. The van der Waals surface area contributed by atoms with Crippen LogP contribution in [0, 0.1) is 0 Å². The van der Waals surface area contributed by atoms with Crippen LogP contribution in [0.25, 0.3) is 0 Å². The second-order valence-corrected chi connectivity index (χ2v) is 15.1. The molecule has 7 aromatic carbocycles. The summed E-state index contributed by atoms with van der Waals surface area (Å²) in [5, 5.41) is 27.2. The topological polar surface area (TPSA) is 98.7 Å². The number of amides is 1. The summed E-state index contributed by atoms with van der Waals surface area (Å²) in [4.78, 5) is 28.0. The van der Waals surface area contributed by atoms with E-state index < -0.39 is 34.2 Å². The lowest BCUT2D eigenvalue weighted by Crippen LogP contribution is -2.58. The van der Waals surface area contributed by atoms with Crippen molar-refractivity contribution < 1.29 is 19.8 Å². The Bertz CT molecular complexity index is 2140. The number of aromatic hydroxyl groups is 1. The van der Waals surface area contributed by atoms with Gasteiger partial charge in [-0.3, -0.25) is 10.1 Å². The molecule has 57 heavy (non-hydrogen) atoms. The highest BCUT2D eigenvalue weighted by molar-refractivity contribution is 8.00. The Morgan fingerprint density at radius 2 is 0.842 bits per heavy atom. The number of phenolic OH excluding ortho intramolecular Hbond substituents is 1. The van der Waals surface area contributed by atoms with Crippen LogP contribution in [-0.2, 0) is 26.3 Å². The highest BCUT2D eigenvalue weighted by atomic mass is 32.2. The van der Waals surface area contributed by atoms with Crippen LogP contribution in [0.4, 0.5) is 0 Å². The summed E-state index contributed by atoms with van der Waals surface area (Å²) in [7, 11) is 0. The SMILES string of the molecule is O=C(N[C@H](Cc1ccc(O)cc1)C(=O)O)[C@H](CSC(c1ccccc1)(c1ccccc1)c1ccccc1)NC(c1ccccc1)(c1ccccc1)c1ccccc1. The van der Waals surface area contributed by atoms with Crippen LogP contribution in [0.3, 0.4) is 0 Å². The smallest absolute Gasteiger partial charge is 0.326 e. The molecule has 0 unspecified atom stereocenters. The van der Waals surface area contributed by atoms with Gasteiger partial charge in [0.25, 0.3) is 0 Å². The van der Waals surface area contributed by atoms with Gasteiger partial charge in [0, 0.05) is 12.2 Å². The van der Waals surface area contributed by atoms with Gasteiger partial charge in [0.15, 0.2) is 0 Å². The maximum atomic E-state index is 15.1. The molecule has 0 fully saturated rings. The molecule has 0 saturated carbocycles. The number of carboxylic acids is 1. The summed E-state index contributed by atoms with van der Waals surface area (Å²) < 4.78 is -0.753. The third kappa shape index (κ3) is 8.55. The minimum Gasteiger partial charge on any atom is -0.508 e. The molecule has 6 nitrogen and oxygen atoms in total. The van der Waals surface area contributed by atoms with Crippen LogP contribution >= 0.6 is 11.8 Å². The second-order valence-electron chi connectivity index (χ2n) is 13.9.